The van der Waals surface area contributed by atoms with E-state index in [1.165, 1.54) is 10.9 Å². The van der Waals surface area contributed by atoms with Gasteiger partial charge in [0, 0.05) is 12.3 Å². The van der Waals surface area contributed by atoms with Crippen LogP contribution < -0.4 is 11.1 Å². The third-order valence-corrected chi connectivity index (χ3v) is 1.85. The largest absolute Gasteiger partial charge is 0.396 e. The van der Waals surface area contributed by atoms with Crippen LogP contribution in [0.3, 0.4) is 0 Å². The zero-order valence-corrected chi connectivity index (χ0v) is 8.67. The van der Waals surface area contributed by atoms with Gasteiger partial charge >= 0.3 is 0 Å². The third kappa shape index (κ3) is 2.38. The van der Waals surface area contributed by atoms with E-state index in [4.69, 9.17) is 10.3 Å². The summed E-state index contributed by atoms with van der Waals surface area (Å²) in [5.74, 6) is 0.0712. The van der Waals surface area contributed by atoms with Crippen molar-refractivity contribution in [3.05, 3.63) is 24.2 Å². The molecule has 0 aliphatic carbocycles. The maximum Gasteiger partial charge on any atom is 0.248 e. The molecule has 16 heavy (non-hydrogen) atoms. The van der Waals surface area contributed by atoms with E-state index in [1.54, 1.807) is 19.2 Å². The molecule has 3 N–H and O–H groups in total. The number of rotatable bonds is 3. The van der Waals surface area contributed by atoms with Crippen LogP contribution in [0.4, 0.5) is 11.6 Å². The molecule has 0 aliphatic rings. The number of amides is 1. The van der Waals surface area contributed by atoms with Crippen LogP contribution in [-0.4, -0.2) is 20.8 Å². The first-order valence-corrected chi connectivity index (χ1v) is 4.64. The van der Waals surface area contributed by atoms with E-state index in [2.05, 4.69) is 15.6 Å². The van der Waals surface area contributed by atoms with Gasteiger partial charge in [-0.3, -0.25) is 14.8 Å². The molecule has 0 aliphatic heterocycles. The predicted molar refractivity (Wildman–Crippen MR) is 56.5 cm³/mol. The van der Waals surface area contributed by atoms with E-state index in [0.29, 0.717) is 17.3 Å². The molecule has 2 aromatic heterocycles. The molecule has 2 rings (SSSR count). The minimum Gasteiger partial charge on any atom is -0.396 e. The van der Waals surface area contributed by atoms with Crippen molar-refractivity contribution in [2.24, 2.45) is 0 Å². The van der Waals surface area contributed by atoms with Gasteiger partial charge in [-0.1, -0.05) is 5.16 Å². The van der Waals surface area contributed by atoms with E-state index in [-0.39, 0.29) is 12.5 Å². The topological polar surface area (TPSA) is 99.0 Å². The quantitative estimate of drug-likeness (QED) is 0.781. The highest BCUT2D eigenvalue weighted by Crippen LogP contribution is 2.08. The molecule has 0 bridgehead atoms. The molecular weight excluding hydrogens is 210 g/mol. The summed E-state index contributed by atoms with van der Waals surface area (Å²) in [5, 5.41) is 10.1. The zero-order chi connectivity index (χ0) is 11.5. The molecule has 0 aromatic carbocycles. The van der Waals surface area contributed by atoms with Crippen molar-refractivity contribution in [1.82, 2.24) is 14.9 Å². The molecule has 2 heterocycles. The van der Waals surface area contributed by atoms with Gasteiger partial charge in [-0.2, -0.15) is 5.10 Å². The van der Waals surface area contributed by atoms with Crippen LogP contribution in [0.5, 0.6) is 0 Å². The van der Waals surface area contributed by atoms with Gasteiger partial charge in [0.05, 0.1) is 17.6 Å². The monoisotopic (exact) mass is 221 g/mol. The molecule has 0 radical (unpaired) electrons. The van der Waals surface area contributed by atoms with E-state index < -0.39 is 0 Å². The van der Waals surface area contributed by atoms with Crippen molar-refractivity contribution in [2.75, 3.05) is 11.1 Å². The number of hydrogen-bond donors (Lipinski definition) is 2. The number of carbonyl (C=O) groups excluding carboxylic acids is 1. The summed E-state index contributed by atoms with van der Waals surface area (Å²) in [6.45, 7) is 1.85. The molecule has 7 heteroatoms. The van der Waals surface area contributed by atoms with Gasteiger partial charge in [0.25, 0.3) is 0 Å². The number of aromatic nitrogens is 3. The van der Waals surface area contributed by atoms with E-state index >= 15 is 0 Å². The van der Waals surface area contributed by atoms with Crippen LogP contribution in [0.25, 0.3) is 0 Å². The highest BCUT2D eigenvalue weighted by Gasteiger charge is 2.07. The van der Waals surface area contributed by atoms with Crippen molar-refractivity contribution in [2.45, 2.75) is 13.5 Å². The van der Waals surface area contributed by atoms with Gasteiger partial charge < -0.3 is 10.3 Å². The van der Waals surface area contributed by atoms with Crippen LogP contribution in [0.1, 0.15) is 5.69 Å². The molecule has 84 valence electrons. The van der Waals surface area contributed by atoms with E-state index in [1.807, 2.05) is 0 Å². The molecule has 0 atom stereocenters. The van der Waals surface area contributed by atoms with Gasteiger partial charge in [-0.05, 0) is 6.92 Å². The van der Waals surface area contributed by atoms with Crippen molar-refractivity contribution < 1.29 is 9.32 Å². The molecule has 0 spiro atoms. The maximum absolute atomic E-state index is 11.5. The lowest BCUT2D eigenvalue weighted by atomic mass is 10.4. The normalized spacial score (nSPS) is 10.3. The summed E-state index contributed by atoms with van der Waals surface area (Å²) in [6.07, 6.45) is 3.05. The Morgan fingerprint density at radius 2 is 2.50 bits per heavy atom. The van der Waals surface area contributed by atoms with E-state index in [0.717, 1.165) is 0 Å². The average Bonchev–Trinajstić information content (AvgIpc) is 2.76. The Bertz CT molecular complexity index is 457. The number of nitrogens with zero attached hydrogens (tertiary/aromatic N) is 3. The lowest BCUT2D eigenvalue weighted by molar-refractivity contribution is -0.117. The molecule has 0 unspecified atom stereocenters. The van der Waals surface area contributed by atoms with Gasteiger partial charge in [-0.15, -0.1) is 0 Å². The Morgan fingerprint density at radius 1 is 1.69 bits per heavy atom. The lowest BCUT2D eigenvalue weighted by Gasteiger charge is -2.00. The molecule has 0 fully saturated rings. The highest BCUT2D eigenvalue weighted by atomic mass is 16.5. The second-order valence-electron chi connectivity index (χ2n) is 3.35. The molecule has 0 saturated heterocycles. The minimum atomic E-state index is -0.251. The average molecular weight is 221 g/mol. The minimum absolute atomic E-state index is 0.0803. The fourth-order valence-corrected chi connectivity index (χ4v) is 1.21. The van der Waals surface area contributed by atoms with Crippen molar-refractivity contribution in [3.8, 4) is 0 Å². The van der Waals surface area contributed by atoms with Crippen LogP contribution in [0, 0.1) is 6.92 Å². The van der Waals surface area contributed by atoms with E-state index in [9.17, 15) is 4.79 Å². The summed E-state index contributed by atoms with van der Waals surface area (Å²) >= 11 is 0. The van der Waals surface area contributed by atoms with Crippen molar-refractivity contribution in [3.63, 3.8) is 0 Å². The Morgan fingerprint density at radius 3 is 3.06 bits per heavy atom. The van der Waals surface area contributed by atoms with Gasteiger partial charge in [-0.25, -0.2) is 0 Å². The Hall–Kier alpha value is -2.31. The molecule has 7 nitrogen and oxygen atoms in total. The number of carbonyl (C=O) groups is 1. The summed E-state index contributed by atoms with van der Waals surface area (Å²) < 4.78 is 6.28. The Labute approximate surface area is 91.2 Å². The standard InChI is InChI=1S/C9H11N5O2/c1-6-2-9(16-13-6)12-8(15)5-14-4-7(10)3-11-14/h2-4H,5,10H2,1H3,(H,12,15). The molecular formula is C9H11N5O2. The van der Waals surface area contributed by atoms with Crippen LogP contribution in [0.2, 0.25) is 0 Å². The van der Waals surface area contributed by atoms with Crippen LogP contribution in [0.15, 0.2) is 23.0 Å². The van der Waals surface area contributed by atoms with Crippen molar-refractivity contribution in [1.29, 1.82) is 0 Å². The summed E-state index contributed by atoms with van der Waals surface area (Å²) in [6, 6.07) is 1.63. The molecule has 2 aromatic rings. The summed E-state index contributed by atoms with van der Waals surface area (Å²) in [5.41, 5.74) is 6.69. The summed E-state index contributed by atoms with van der Waals surface area (Å²) in [7, 11) is 0. The second kappa shape index (κ2) is 4.05. The van der Waals surface area contributed by atoms with Crippen LogP contribution in [-0.2, 0) is 11.3 Å². The fourth-order valence-electron chi connectivity index (χ4n) is 1.21. The van der Waals surface area contributed by atoms with Gasteiger partial charge in [0.15, 0.2) is 0 Å². The summed E-state index contributed by atoms with van der Waals surface area (Å²) in [4.78, 5) is 11.5. The highest BCUT2D eigenvalue weighted by molar-refractivity contribution is 5.89. The third-order valence-electron chi connectivity index (χ3n) is 1.85. The van der Waals surface area contributed by atoms with Gasteiger partial charge in [0.2, 0.25) is 11.8 Å². The van der Waals surface area contributed by atoms with Gasteiger partial charge in [0.1, 0.15) is 6.54 Å². The van der Waals surface area contributed by atoms with Crippen molar-refractivity contribution >= 4 is 17.5 Å². The molecule has 1 amide bonds. The number of nitrogens with one attached hydrogen (secondary N) is 1. The SMILES string of the molecule is Cc1cc(NC(=O)Cn2cc(N)cn2)on1. The number of anilines is 2. The maximum atomic E-state index is 11.5. The first-order chi connectivity index (χ1) is 7.63. The first-order valence-electron chi connectivity index (χ1n) is 4.64. The first kappa shape index (κ1) is 10.2. The zero-order valence-electron chi connectivity index (χ0n) is 8.67. The number of hydrogen-bond acceptors (Lipinski definition) is 5. The lowest BCUT2D eigenvalue weighted by Crippen LogP contribution is -2.18. The second-order valence-corrected chi connectivity index (χ2v) is 3.35. The Balaban J connectivity index is 1.94. The molecule has 0 saturated carbocycles. The fraction of sp³-hybridized carbons (Fsp3) is 0.222. The Kier molecular flexibility index (Phi) is 2.59. The smallest absolute Gasteiger partial charge is 0.248 e. The number of aryl methyl sites for hydroxylation is 1. The van der Waals surface area contributed by atoms with Crippen LogP contribution >= 0.6 is 0 Å². The predicted octanol–water partition coefficient (Wildman–Crippen LogP) is 0.400. The number of nitrogens with two attached hydrogens (primary N) is 1. The number of nitrogen functional groups attached to an aromatic ring is 1.